The molecule has 1 aliphatic heterocycles. The standard InChI is InChI=1S/C11H12BF3O3/c1-10(2)5-7-8(12(16)17)3-6(11(13,14)15)4-9(7)18-10/h3-4,16-17H,5H2,1-2H3. The molecule has 0 unspecified atom stereocenters. The predicted octanol–water partition coefficient (Wildman–Crippen LogP) is 1.10. The molecule has 1 aliphatic rings. The Hall–Kier alpha value is -1.21. The van der Waals surface area contributed by atoms with Gasteiger partial charge in [0.15, 0.2) is 0 Å². The SMILES string of the molecule is CC1(C)Cc2c(cc(C(F)(F)F)cc2B(O)O)O1. The molecule has 1 aromatic carbocycles. The minimum absolute atomic E-state index is 0.0675. The minimum atomic E-state index is -4.55. The third-order valence-corrected chi connectivity index (χ3v) is 2.84. The third kappa shape index (κ3) is 2.33. The topological polar surface area (TPSA) is 49.7 Å². The van der Waals surface area contributed by atoms with E-state index in [0.29, 0.717) is 12.0 Å². The summed E-state index contributed by atoms with van der Waals surface area (Å²) in [5.74, 6) is 0.0675. The van der Waals surface area contributed by atoms with Gasteiger partial charge in [-0.05, 0) is 37.0 Å². The van der Waals surface area contributed by atoms with Gasteiger partial charge in [-0.2, -0.15) is 13.2 Å². The molecule has 0 amide bonds. The molecule has 0 aliphatic carbocycles. The van der Waals surface area contributed by atoms with E-state index in [0.717, 1.165) is 12.1 Å². The van der Waals surface area contributed by atoms with Gasteiger partial charge in [0.2, 0.25) is 0 Å². The highest BCUT2D eigenvalue weighted by Gasteiger charge is 2.39. The van der Waals surface area contributed by atoms with Gasteiger partial charge in [-0.15, -0.1) is 0 Å². The predicted molar refractivity (Wildman–Crippen MR) is 59.7 cm³/mol. The van der Waals surface area contributed by atoms with Crippen molar-refractivity contribution in [3.63, 3.8) is 0 Å². The lowest BCUT2D eigenvalue weighted by Crippen LogP contribution is -2.34. The van der Waals surface area contributed by atoms with E-state index in [-0.39, 0.29) is 11.2 Å². The molecule has 3 nitrogen and oxygen atoms in total. The summed E-state index contributed by atoms with van der Waals surface area (Å²) in [5.41, 5.74) is -1.31. The van der Waals surface area contributed by atoms with Crippen LogP contribution in [0.25, 0.3) is 0 Å². The van der Waals surface area contributed by atoms with Crippen molar-refractivity contribution in [2.24, 2.45) is 0 Å². The molecule has 0 saturated heterocycles. The Kier molecular flexibility index (Phi) is 2.86. The smallest absolute Gasteiger partial charge is 0.487 e. The van der Waals surface area contributed by atoms with Gasteiger partial charge in [-0.3, -0.25) is 0 Å². The average Bonchev–Trinajstić information content (AvgIpc) is 2.47. The van der Waals surface area contributed by atoms with Crippen molar-refractivity contribution < 1.29 is 28.0 Å². The van der Waals surface area contributed by atoms with Gasteiger partial charge in [0.1, 0.15) is 11.4 Å². The summed E-state index contributed by atoms with van der Waals surface area (Å²) in [6.07, 6.45) is -4.21. The lowest BCUT2D eigenvalue weighted by atomic mass is 9.74. The fraction of sp³-hybridized carbons (Fsp3) is 0.455. The number of alkyl halides is 3. The van der Waals surface area contributed by atoms with Crippen molar-refractivity contribution in [2.45, 2.75) is 32.0 Å². The maximum Gasteiger partial charge on any atom is 0.488 e. The Morgan fingerprint density at radius 3 is 2.39 bits per heavy atom. The summed E-state index contributed by atoms with van der Waals surface area (Å²) < 4.78 is 43.4. The van der Waals surface area contributed by atoms with Crippen LogP contribution in [0.5, 0.6) is 5.75 Å². The first-order valence-corrected chi connectivity index (χ1v) is 5.39. The van der Waals surface area contributed by atoms with Crippen LogP contribution in [0.2, 0.25) is 0 Å². The molecule has 18 heavy (non-hydrogen) atoms. The van der Waals surface area contributed by atoms with Crippen LogP contribution in [0.4, 0.5) is 13.2 Å². The highest BCUT2D eigenvalue weighted by atomic mass is 19.4. The molecular weight excluding hydrogens is 248 g/mol. The van der Waals surface area contributed by atoms with Crippen molar-refractivity contribution in [2.75, 3.05) is 0 Å². The Labute approximate surface area is 102 Å². The number of fused-ring (bicyclic) bond motifs is 1. The Morgan fingerprint density at radius 1 is 1.28 bits per heavy atom. The molecule has 0 spiro atoms. The zero-order chi connectivity index (χ0) is 13.7. The zero-order valence-electron chi connectivity index (χ0n) is 9.88. The minimum Gasteiger partial charge on any atom is -0.487 e. The van der Waals surface area contributed by atoms with Crippen LogP contribution in [-0.2, 0) is 12.6 Å². The van der Waals surface area contributed by atoms with Gasteiger partial charge in [0.05, 0.1) is 5.56 Å². The Bertz CT molecular complexity index is 483. The largest absolute Gasteiger partial charge is 0.488 e. The first-order chi connectivity index (χ1) is 8.10. The molecule has 2 N–H and O–H groups in total. The van der Waals surface area contributed by atoms with E-state index in [2.05, 4.69) is 0 Å². The number of hydrogen-bond acceptors (Lipinski definition) is 3. The van der Waals surface area contributed by atoms with E-state index < -0.39 is 24.5 Å². The normalized spacial score (nSPS) is 17.3. The Balaban J connectivity index is 2.58. The van der Waals surface area contributed by atoms with E-state index in [1.54, 1.807) is 13.8 Å². The number of rotatable bonds is 1. The van der Waals surface area contributed by atoms with Crippen LogP contribution in [0.3, 0.4) is 0 Å². The molecule has 0 fully saturated rings. The fourth-order valence-corrected chi connectivity index (χ4v) is 2.10. The lowest BCUT2D eigenvalue weighted by molar-refractivity contribution is -0.137. The summed E-state index contributed by atoms with van der Waals surface area (Å²) in [7, 11) is -1.95. The van der Waals surface area contributed by atoms with Crippen LogP contribution >= 0.6 is 0 Å². The lowest BCUT2D eigenvalue weighted by Gasteiger charge is -2.17. The molecule has 1 heterocycles. The van der Waals surface area contributed by atoms with Crippen LogP contribution < -0.4 is 10.2 Å². The summed E-state index contributed by atoms with van der Waals surface area (Å²) in [6, 6.07) is 1.66. The van der Waals surface area contributed by atoms with Crippen molar-refractivity contribution >= 4 is 12.6 Å². The number of benzene rings is 1. The molecule has 1 aromatic rings. The molecule has 0 radical (unpaired) electrons. The summed E-state index contributed by atoms with van der Waals surface area (Å²) >= 11 is 0. The van der Waals surface area contributed by atoms with Crippen LogP contribution in [0.15, 0.2) is 12.1 Å². The van der Waals surface area contributed by atoms with Crippen molar-refractivity contribution in [1.29, 1.82) is 0 Å². The molecule has 98 valence electrons. The van der Waals surface area contributed by atoms with Gasteiger partial charge in [0, 0.05) is 6.42 Å². The van der Waals surface area contributed by atoms with Crippen molar-refractivity contribution in [1.82, 2.24) is 0 Å². The molecule has 0 saturated carbocycles. The summed E-state index contributed by atoms with van der Waals surface area (Å²) in [5, 5.41) is 18.4. The quantitative estimate of drug-likeness (QED) is 0.743. The molecule has 0 atom stereocenters. The highest BCUT2D eigenvalue weighted by molar-refractivity contribution is 6.59. The first kappa shape index (κ1) is 13.2. The highest BCUT2D eigenvalue weighted by Crippen LogP contribution is 2.38. The number of halogens is 3. The van der Waals surface area contributed by atoms with E-state index >= 15 is 0 Å². The molecule has 0 aromatic heterocycles. The van der Waals surface area contributed by atoms with Gasteiger partial charge >= 0.3 is 13.3 Å². The van der Waals surface area contributed by atoms with Gasteiger partial charge in [-0.25, -0.2) is 0 Å². The van der Waals surface area contributed by atoms with E-state index in [9.17, 15) is 23.2 Å². The average molecular weight is 260 g/mol. The van der Waals surface area contributed by atoms with Gasteiger partial charge in [-0.1, -0.05) is 0 Å². The van der Waals surface area contributed by atoms with E-state index in [4.69, 9.17) is 4.74 Å². The molecule has 7 heteroatoms. The summed E-state index contributed by atoms with van der Waals surface area (Å²) in [4.78, 5) is 0. The van der Waals surface area contributed by atoms with Crippen molar-refractivity contribution in [3.8, 4) is 5.75 Å². The first-order valence-electron chi connectivity index (χ1n) is 5.39. The van der Waals surface area contributed by atoms with Gasteiger partial charge in [0.25, 0.3) is 0 Å². The van der Waals surface area contributed by atoms with E-state index in [1.807, 2.05) is 0 Å². The number of ether oxygens (including phenoxy) is 1. The van der Waals surface area contributed by atoms with E-state index in [1.165, 1.54) is 0 Å². The molecular formula is C11H12BF3O3. The monoisotopic (exact) mass is 260 g/mol. The van der Waals surface area contributed by atoms with Gasteiger partial charge < -0.3 is 14.8 Å². The molecule has 0 bridgehead atoms. The Morgan fingerprint density at radius 2 is 1.89 bits per heavy atom. The van der Waals surface area contributed by atoms with Crippen LogP contribution in [-0.4, -0.2) is 22.8 Å². The maximum atomic E-state index is 12.7. The second-order valence-electron chi connectivity index (χ2n) is 4.95. The molecule has 2 rings (SSSR count). The zero-order valence-corrected chi connectivity index (χ0v) is 9.88. The number of hydrogen-bond donors (Lipinski definition) is 2. The fourth-order valence-electron chi connectivity index (χ4n) is 2.10. The maximum absolute atomic E-state index is 12.7. The van der Waals surface area contributed by atoms with Crippen LogP contribution in [0, 0.1) is 0 Å². The van der Waals surface area contributed by atoms with Crippen LogP contribution in [0.1, 0.15) is 25.0 Å². The third-order valence-electron chi connectivity index (χ3n) is 2.84. The second kappa shape index (κ2) is 3.89. The van der Waals surface area contributed by atoms with Crippen molar-refractivity contribution in [3.05, 3.63) is 23.3 Å². The second-order valence-corrected chi connectivity index (χ2v) is 4.95. The summed E-state index contributed by atoms with van der Waals surface area (Å²) in [6.45, 7) is 3.46.